The highest BCUT2D eigenvalue weighted by molar-refractivity contribution is 7.91. The molecule has 1 aromatic rings. The van der Waals surface area contributed by atoms with Gasteiger partial charge in [-0.25, -0.2) is 13.1 Å². The van der Waals surface area contributed by atoms with Crippen LogP contribution in [0.4, 0.5) is 11.5 Å². The maximum Gasteiger partial charge on any atom is 0.333 e. The van der Waals surface area contributed by atoms with Gasteiger partial charge in [-0.15, -0.1) is 0 Å². The molecular formula is C10H18N4O4S. The van der Waals surface area contributed by atoms with Gasteiger partial charge in [-0.05, 0) is 13.8 Å². The van der Waals surface area contributed by atoms with Crippen LogP contribution in [0.1, 0.15) is 19.5 Å². The van der Waals surface area contributed by atoms with E-state index in [1.54, 1.807) is 13.8 Å². The lowest BCUT2D eigenvalue weighted by atomic mass is 10.4. The zero-order valence-corrected chi connectivity index (χ0v) is 12.0. The number of sulfone groups is 1. The molecule has 1 N–H and O–H groups in total. The van der Waals surface area contributed by atoms with Crippen LogP contribution in [0.15, 0.2) is 0 Å². The Balaban J connectivity index is 2.91. The van der Waals surface area contributed by atoms with Gasteiger partial charge in [-0.1, -0.05) is 6.92 Å². The van der Waals surface area contributed by atoms with Crippen molar-refractivity contribution < 1.29 is 13.3 Å². The molecule has 0 bridgehead atoms. The van der Waals surface area contributed by atoms with Crippen molar-refractivity contribution in [3.8, 4) is 0 Å². The summed E-state index contributed by atoms with van der Waals surface area (Å²) >= 11 is 0. The molecule has 0 unspecified atom stereocenters. The minimum absolute atomic E-state index is 0.0584. The van der Waals surface area contributed by atoms with Gasteiger partial charge in [-0.3, -0.25) is 10.1 Å². The Hall–Kier alpha value is -1.64. The first-order chi connectivity index (χ1) is 8.82. The molecule has 0 spiro atoms. The molecule has 1 heterocycles. The number of anilines is 1. The number of rotatable bonds is 7. The van der Waals surface area contributed by atoms with Gasteiger partial charge in [0.15, 0.2) is 9.84 Å². The van der Waals surface area contributed by atoms with Crippen LogP contribution in [0.3, 0.4) is 0 Å². The zero-order valence-electron chi connectivity index (χ0n) is 11.2. The zero-order chi connectivity index (χ0) is 14.6. The van der Waals surface area contributed by atoms with Crippen molar-refractivity contribution in [3.63, 3.8) is 0 Å². The van der Waals surface area contributed by atoms with Crippen molar-refractivity contribution in [2.24, 2.45) is 0 Å². The Kier molecular flexibility index (Phi) is 4.87. The first-order valence-corrected chi connectivity index (χ1v) is 7.80. The van der Waals surface area contributed by atoms with E-state index in [0.717, 1.165) is 0 Å². The van der Waals surface area contributed by atoms with E-state index >= 15 is 0 Å². The molecule has 0 aliphatic heterocycles. The van der Waals surface area contributed by atoms with Gasteiger partial charge in [0, 0.05) is 18.8 Å². The first-order valence-electron chi connectivity index (χ1n) is 5.98. The van der Waals surface area contributed by atoms with Crippen LogP contribution in [0.2, 0.25) is 0 Å². The summed E-state index contributed by atoms with van der Waals surface area (Å²) in [6.07, 6.45) is 0. The predicted molar refractivity (Wildman–Crippen MR) is 72.1 cm³/mol. The molecule has 0 saturated carbocycles. The molecule has 0 aliphatic rings. The van der Waals surface area contributed by atoms with Crippen molar-refractivity contribution >= 4 is 21.3 Å². The van der Waals surface area contributed by atoms with Crippen molar-refractivity contribution in [3.05, 3.63) is 15.8 Å². The van der Waals surface area contributed by atoms with Crippen LogP contribution in [-0.2, 0) is 16.4 Å². The Bertz CT molecular complexity index is 564. The Morgan fingerprint density at radius 1 is 1.42 bits per heavy atom. The molecule has 8 nitrogen and oxygen atoms in total. The average Bonchev–Trinajstić information content (AvgIpc) is 2.65. The van der Waals surface area contributed by atoms with Crippen LogP contribution in [0, 0.1) is 17.0 Å². The molecule has 19 heavy (non-hydrogen) atoms. The summed E-state index contributed by atoms with van der Waals surface area (Å²) in [4.78, 5) is 10.5. The van der Waals surface area contributed by atoms with E-state index in [9.17, 15) is 18.5 Å². The number of hydrogen-bond acceptors (Lipinski definition) is 6. The number of nitrogens with one attached hydrogen (secondary N) is 1. The molecule has 0 radical (unpaired) electrons. The molecule has 0 aromatic carbocycles. The number of aryl methyl sites for hydroxylation is 2. The minimum atomic E-state index is -3.10. The summed E-state index contributed by atoms with van der Waals surface area (Å²) in [6, 6.07) is 0. The Labute approximate surface area is 111 Å². The lowest BCUT2D eigenvalue weighted by Gasteiger charge is -2.07. The van der Waals surface area contributed by atoms with Gasteiger partial charge in [0.05, 0.1) is 10.7 Å². The third kappa shape index (κ3) is 3.66. The number of hydrogen-bond donors (Lipinski definition) is 1. The van der Waals surface area contributed by atoms with Crippen LogP contribution in [-0.4, -0.2) is 41.2 Å². The molecule has 0 amide bonds. The van der Waals surface area contributed by atoms with Gasteiger partial charge in [0.25, 0.3) is 0 Å². The van der Waals surface area contributed by atoms with Crippen LogP contribution < -0.4 is 5.32 Å². The predicted octanol–water partition coefficient (Wildman–Crippen LogP) is 0.966. The fraction of sp³-hybridized carbons (Fsp3) is 0.700. The highest BCUT2D eigenvalue weighted by Gasteiger charge is 2.24. The van der Waals surface area contributed by atoms with Gasteiger partial charge in [0.2, 0.25) is 5.82 Å². The van der Waals surface area contributed by atoms with E-state index in [0.29, 0.717) is 12.2 Å². The van der Waals surface area contributed by atoms with Gasteiger partial charge in [-0.2, -0.15) is 5.10 Å². The fourth-order valence-electron chi connectivity index (χ4n) is 1.66. The quantitative estimate of drug-likeness (QED) is 0.592. The van der Waals surface area contributed by atoms with E-state index < -0.39 is 14.8 Å². The molecule has 108 valence electrons. The first kappa shape index (κ1) is 15.4. The number of nitrogens with zero attached hydrogens (tertiary/aromatic N) is 3. The second-order valence-corrected chi connectivity index (χ2v) is 6.49. The van der Waals surface area contributed by atoms with Crippen molar-refractivity contribution in [1.29, 1.82) is 0 Å². The van der Waals surface area contributed by atoms with Crippen LogP contribution in [0.25, 0.3) is 0 Å². The summed E-state index contributed by atoms with van der Waals surface area (Å²) in [6.45, 7) is 5.53. The van der Waals surface area contributed by atoms with Gasteiger partial charge < -0.3 is 5.32 Å². The van der Waals surface area contributed by atoms with Crippen LogP contribution in [0.5, 0.6) is 0 Å². The number of nitro groups is 1. The van der Waals surface area contributed by atoms with Crippen LogP contribution >= 0.6 is 0 Å². The standard InChI is InChI=1S/C10H18N4O4S/c1-4-13-10(9(14(15)16)8(3)12-13)11-6-7-19(17,18)5-2/h11H,4-7H2,1-3H3. The van der Waals surface area contributed by atoms with E-state index in [1.165, 1.54) is 4.68 Å². The Morgan fingerprint density at radius 2 is 2.05 bits per heavy atom. The van der Waals surface area contributed by atoms with E-state index in [1.807, 2.05) is 6.92 Å². The van der Waals surface area contributed by atoms with Crippen molar-refractivity contribution in [2.45, 2.75) is 27.3 Å². The van der Waals surface area contributed by atoms with Gasteiger partial charge in [0.1, 0.15) is 5.69 Å². The summed E-state index contributed by atoms with van der Waals surface area (Å²) in [5, 5.41) is 17.8. The third-order valence-corrected chi connectivity index (χ3v) is 4.43. The minimum Gasteiger partial charge on any atom is -0.364 e. The average molecular weight is 290 g/mol. The number of aromatic nitrogens is 2. The van der Waals surface area contributed by atoms with E-state index in [-0.39, 0.29) is 29.6 Å². The van der Waals surface area contributed by atoms with Crippen molar-refractivity contribution in [2.75, 3.05) is 23.4 Å². The summed E-state index contributed by atoms with van der Waals surface area (Å²) < 4.78 is 24.2. The van der Waals surface area contributed by atoms with E-state index in [2.05, 4.69) is 10.4 Å². The fourth-order valence-corrected chi connectivity index (χ4v) is 2.37. The molecule has 9 heteroatoms. The largest absolute Gasteiger partial charge is 0.364 e. The van der Waals surface area contributed by atoms with Crippen molar-refractivity contribution in [1.82, 2.24) is 9.78 Å². The normalized spacial score (nSPS) is 11.5. The highest BCUT2D eigenvalue weighted by atomic mass is 32.2. The highest BCUT2D eigenvalue weighted by Crippen LogP contribution is 2.27. The molecule has 0 atom stereocenters. The molecule has 0 aliphatic carbocycles. The maximum atomic E-state index is 11.4. The summed E-state index contributed by atoms with van der Waals surface area (Å²) in [7, 11) is -3.10. The summed E-state index contributed by atoms with van der Waals surface area (Å²) in [5.74, 6) is 0.258. The summed E-state index contributed by atoms with van der Waals surface area (Å²) in [5.41, 5.74) is 0.212. The molecule has 0 fully saturated rings. The monoisotopic (exact) mass is 290 g/mol. The second-order valence-electron chi connectivity index (χ2n) is 4.02. The van der Waals surface area contributed by atoms with Gasteiger partial charge >= 0.3 is 5.69 Å². The SMILES string of the molecule is CCn1nc(C)c([N+](=O)[O-])c1NCCS(=O)(=O)CC. The molecule has 0 saturated heterocycles. The Morgan fingerprint density at radius 3 is 2.53 bits per heavy atom. The maximum absolute atomic E-state index is 11.4. The topological polar surface area (TPSA) is 107 Å². The molecule has 1 rings (SSSR count). The molecule has 1 aromatic heterocycles. The smallest absolute Gasteiger partial charge is 0.333 e. The lowest BCUT2D eigenvalue weighted by Crippen LogP contribution is -2.19. The second kappa shape index (κ2) is 6.00. The van der Waals surface area contributed by atoms with E-state index in [4.69, 9.17) is 0 Å². The molecular weight excluding hydrogens is 272 g/mol. The lowest BCUT2D eigenvalue weighted by molar-refractivity contribution is -0.384. The third-order valence-electron chi connectivity index (χ3n) is 2.72.